The first-order chi connectivity index (χ1) is 6.36. The fraction of sp³-hybridized carbons (Fsp3) is 0.182. The standard InChI is InChI=1S/C11H12N2/c12-11-8-10(6-7-13-11)9-4-2-1-3-5-9/h1-5,8H,6-7H2,(H2,12,13). The fourth-order valence-electron chi connectivity index (χ4n) is 1.48. The molecule has 0 atom stereocenters. The van der Waals surface area contributed by atoms with Crippen LogP contribution in [-0.2, 0) is 0 Å². The van der Waals surface area contributed by atoms with Crippen LogP contribution >= 0.6 is 0 Å². The molecule has 1 aliphatic rings. The number of hydrogen-bond donors (Lipinski definition) is 1. The smallest absolute Gasteiger partial charge is 0.118 e. The topological polar surface area (TPSA) is 38.4 Å². The van der Waals surface area contributed by atoms with E-state index in [1.807, 2.05) is 24.3 Å². The molecule has 0 unspecified atom stereocenters. The minimum atomic E-state index is 0.644. The Morgan fingerprint density at radius 1 is 1.15 bits per heavy atom. The van der Waals surface area contributed by atoms with Crippen molar-refractivity contribution in [2.45, 2.75) is 6.42 Å². The van der Waals surface area contributed by atoms with Crippen LogP contribution in [0.4, 0.5) is 0 Å². The third-order valence-electron chi connectivity index (χ3n) is 2.14. The van der Waals surface area contributed by atoms with Gasteiger partial charge in [-0.05, 0) is 23.6 Å². The molecule has 0 aliphatic carbocycles. The second-order valence-electron chi connectivity index (χ2n) is 3.09. The molecular weight excluding hydrogens is 160 g/mol. The first-order valence-electron chi connectivity index (χ1n) is 4.42. The number of nitrogens with zero attached hydrogens (tertiary/aromatic N) is 1. The minimum Gasteiger partial charge on any atom is -0.384 e. The molecular formula is C11H12N2. The first kappa shape index (κ1) is 8.05. The van der Waals surface area contributed by atoms with E-state index in [9.17, 15) is 0 Å². The highest BCUT2D eigenvalue weighted by Gasteiger charge is 2.05. The first-order valence-corrected chi connectivity index (χ1v) is 4.42. The van der Waals surface area contributed by atoms with Crippen molar-refractivity contribution in [2.24, 2.45) is 10.7 Å². The summed E-state index contributed by atoms with van der Waals surface area (Å²) < 4.78 is 0. The fourth-order valence-corrected chi connectivity index (χ4v) is 1.48. The monoisotopic (exact) mass is 172 g/mol. The van der Waals surface area contributed by atoms with Gasteiger partial charge in [0, 0.05) is 6.54 Å². The van der Waals surface area contributed by atoms with Crippen molar-refractivity contribution in [3.8, 4) is 0 Å². The zero-order chi connectivity index (χ0) is 9.10. The summed E-state index contributed by atoms with van der Waals surface area (Å²) in [5, 5.41) is 0. The SMILES string of the molecule is NC1=NCCC(c2ccccc2)=C1. The van der Waals surface area contributed by atoms with Gasteiger partial charge in [-0.15, -0.1) is 0 Å². The number of amidine groups is 1. The summed E-state index contributed by atoms with van der Waals surface area (Å²) in [6.07, 6.45) is 2.95. The molecule has 1 heterocycles. The quantitative estimate of drug-likeness (QED) is 0.689. The average Bonchev–Trinajstić information content (AvgIpc) is 2.19. The van der Waals surface area contributed by atoms with E-state index in [2.05, 4.69) is 17.1 Å². The summed E-state index contributed by atoms with van der Waals surface area (Å²) in [5.74, 6) is 0.644. The molecule has 13 heavy (non-hydrogen) atoms. The van der Waals surface area contributed by atoms with Gasteiger partial charge in [0.2, 0.25) is 0 Å². The highest BCUT2D eigenvalue weighted by atomic mass is 14.8. The molecule has 2 nitrogen and oxygen atoms in total. The molecule has 0 bridgehead atoms. The van der Waals surface area contributed by atoms with Crippen LogP contribution in [0.2, 0.25) is 0 Å². The van der Waals surface area contributed by atoms with Gasteiger partial charge in [0.25, 0.3) is 0 Å². The van der Waals surface area contributed by atoms with Crippen molar-refractivity contribution in [1.29, 1.82) is 0 Å². The Morgan fingerprint density at radius 3 is 2.62 bits per heavy atom. The van der Waals surface area contributed by atoms with Crippen molar-refractivity contribution in [3.05, 3.63) is 42.0 Å². The van der Waals surface area contributed by atoms with Crippen molar-refractivity contribution in [3.63, 3.8) is 0 Å². The van der Waals surface area contributed by atoms with E-state index < -0.39 is 0 Å². The van der Waals surface area contributed by atoms with Gasteiger partial charge in [-0.2, -0.15) is 0 Å². The summed E-state index contributed by atoms with van der Waals surface area (Å²) in [4.78, 5) is 4.12. The maximum Gasteiger partial charge on any atom is 0.118 e. The molecule has 2 rings (SSSR count). The average molecular weight is 172 g/mol. The van der Waals surface area contributed by atoms with E-state index in [1.54, 1.807) is 0 Å². The van der Waals surface area contributed by atoms with E-state index in [4.69, 9.17) is 5.73 Å². The van der Waals surface area contributed by atoms with Crippen LogP contribution < -0.4 is 5.73 Å². The number of benzene rings is 1. The molecule has 0 aromatic heterocycles. The van der Waals surface area contributed by atoms with Crippen LogP contribution in [-0.4, -0.2) is 12.4 Å². The van der Waals surface area contributed by atoms with Crippen molar-refractivity contribution in [1.82, 2.24) is 0 Å². The minimum absolute atomic E-state index is 0.644. The summed E-state index contributed by atoms with van der Waals surface area (Å²) in [6, 6.07) is 10.3. The Balaban J connectivity index is 2.32. The predicted octanol–water partition coefficient (Wildman–Crippen LogP) is 1.83. The molecule has 2 heteroatoms. The molecule has 0 saturated carbocycles. The predicted molar refractivity (Wildman–Crippen MR) is 55.5 cm³/mol. The van der Waals surface area contributed by atoms with Crippen LogP contribution in [0, 0.1) is 0 Å². The van der Waals surface area contributed by atoms with Crippen LogP contribution in [0.3, 0.4) is 0 Å². The number of dihydropyridines is 1. The third-order valence-corrected chi connectivity index (χ3v) is 2.14. The number of hydrogen-bond acceptors (Lipinski definition) is 2. The second-order valence-corrected chi connectivity index (χ2v) is 3.09. The van der Waals surface area contributed by atoms with Gasteiger partial charge < -0.3 is 5.73 Å². The summed E-state index contributed by atoms with van der Waals surface area (Å²) in [6.45, 7) is 0.812. The normalized spacial score (nSPS) is 16.3. The largest absolute Gasteiger partial charge is 0.384 e. The lowest BCUT2D eigenvalue weighted by molar-refractivity contribution is 1.00. The summed E-state index contributed by atoms with van der Waals surface area (Å²) in [7, 11) is 0. The van der Waals surface area contributed by atoms with Gasteiger partial charge >= 0.3 is 0 Å². The van der Waals surface area contributed by atoms with Crippen LogP contribution in [0.5, 0.6) is 0 Å². The zero-order valence-electron chi connectivity index (χ0n) is 7.40. The maximum absolute atomic E-state index is 5.64. The molecule has 1 aliphatic heterocycles. The Labute approximate surface area is 77.8 Å². The van der Waals surface area contributed by atoms with Crippen molar-refractivity contribution in [2.75, 3.05) is 6.54 Å². The number of nitrogens with two attached hydrogens (primary N) is 1. The molecule has 0 radical (unpaired) electrons. The Bertz CT molecular complexity index is 350. The molecule has 0 fully saturated rings. The Kier molecular flexibility index (Phi) is 2.13. The van der Waals surface area contributed by atoms with Crippen LogP contribution in [0.1, 0.15) is 12.0 Å². The molecule has 0 spiro atoms. The third kappa shape index (κ3) is 1.78. The molecule has 1 aromatic carbocycles. The van der Waals surface area contributed by atoms with Crippen LogP contribution in [0.15, 0.2) is 41.4 Å². The van der Waals surface area contributed by atoms with Gasteiger partial charge in [-0.25, -0.2) is 0 Å². The van der Waals surface area contributed by atoms with Gasteiger partial charge in [-0.3, -0.25) is 4.99 Å². The summed E-state index contributed by atoms with van der Waals surface area (Å²) >= 11 is 0. The maximum atomic E-state index is 5.64. The Hall–Kier alpha value is -1.57. The highest BCUT2D eigenvalue weighted by Crippen LogP contribution is 2.19. The molecule has 2 N–H and O–H groups in total. The van der Waals surface area contributed by atoms with E-state index in [0.29, 0.717) is 5.84 Å². The lowest BCUT2D eigenvalue weighted by Gasteiger charge is -2.10. The lowest BCUT2D eigenvalue weighted by Crippen LogP contribution is -2.13. The molecule has 1 aromatic rings. The van der Waals surface area contributed by atoms with E-state index in [-0.39, 0.29) is 0 Å². The van der Waals surface area contributed by atoms with Gasteiger partial charge in [-0.1, -0.05) is 30.3 Å². The van der Waals surface area contributed by atoms with E-state index in [0.717, 1.165) is 13.0 Å². The number of aliphatic imine (C=N–C) groups is 1. The summed E-state index contributed by atoms with van der Waals surface area (Å²) in [5.41, 5.74) is 8.17. The van der Waals surface area contributed by atoms with E-state index >= 15 is 0 Å². The molecule has 66 valence electrons. The zero-order valence-corrected chi connectivity index (χ0v) is 7.40. The lowest BCUT2D eigenvalue weighted by atomic mass is 10.0. The Morgan fingerprint density at radius 2 is 1.92 bits per heavy atom. The van der Waals surface area contributed by atoms with Gasteiger partial charge in [0.1, 0.15) is 5.84 Å². The van der Waals surface area contributed by atoms with Crippen LogP contribution in [0.25, 0.3) is 5.57 Å². The highest BCUT2D eigenvalue weighted by molar-refractivity contribution is 5.99. The molecule has 0 saturated heterocycles. The van der Waals surface area contributed by atoms with Gasteiger partial charge in [0.15, 0.2) is 0 Å². The number of rotatable bonds is 1. The van der Waals surface area contributed by atoms with Crippen molar-refractivity contribution < 1.29 is 0 Å². The second kappa shape index (κ2) is 3.44. The van der Waals surface area contributed by atoms with Gasteiger partial charge in [0.05, 0.1) is 0 Å². The van der Waals surface area contributed by atoms with E-state index in [1.165, 1.54) is 11.1 Å². The van der Waals surface area contributed by atoms with Crippen molar-refractivity contribution >= 4 is 11.4 Å². The molecule has 0 amide bonds.